The van der Waals surface area contributed by atoms with E-state index in [1.54, 1.807) is 0 Å². The average Bonchev–Trinajstić information content (AvgIpc) is 2.41. The molecule has 0 bridgehead atoms. The summed E-state index contributed by atoms with van der Waals surface area (Å²) in [5.74, 6) is -0.714. The van der Waals surface area contributed by atoms with Gasteiger partial charge < -0.3 is 10.0 Å². The lowest BCUT2D eigenvalue weighted by Crippen LogP contribution is -2.37. The van der Waals surface area contributed by atoms with E-state index in [4.69, 9.17) is 11.6 Å². The van der Waals surface area contributed by atoms with Crippen LogP contribution in [0.3, 0.4) is 0 Å². The predicted octanol–water partition coefficient (Wildman–Crippen LogP) is 3.69. The fourth-order valence-corrected chi connectivity index (χ4v) is 3.34. The van der Waals surface area contributed by atoms with Crippen molar-refractivity contribution in [3.63, 3.8) is 0 Å². The molecule has 1 aliphatic rings. The van der Waals surface area contributed by atoms with E-state index in [9.17, 15) is 9.90 Å². The van der Waals surface area contributed by atoms with Gasteiger partial charge in [-0.3, -0.25) is 4.79 Å². The van der Waals surface area contributed by atoms with E-state index in [2.05, 4.69) is 4.90 Å². The molecule has 110 valence electrons. The molecule has 1 aromatic carbocycles. The van der Waals surface area contributed by atoms with E-state index in [0.29, 0.717) is 17.9 Å². The van der Waals surface area contributed by atoms with Crippen LogP contribution in [-0.2, 0) is 16.8 Å². The van der Waals surface area contributed by atoms with E-state index < -0.39 is 11.4 Å². The standard InChI is InChI=1S/C16H22ClNO2/c1-18(2)11-12-6-7-13(10-14(12)17)16(15(19)20)8-4-3-5-9-16/h6-7,10H,3-5,8-9,11H2,1-2H3,(H,19,20). The van der Waals surface area contributed by atoms with Gasteiger partial charge >= 0.3 is 5.97 Å². The molecule has 0 unspecified atom stereocenters. The van der Waals surface area contributed by atoms with Crippen LogP contribution in [0.25, 0.3) is 0 Å². The Labute approximate surface area is 125 Å². The first-order valence-corrected chi connectivity index (χ1v) is 7.50. The second-order valence-electron chi connectivity index (χ2n) is 5.99. The molecule has 0 saturated heterocycles. The van der Waals surface area contributed by atoms with Gasteiger partial charge in [0.05, 0.1) is 5.41 Å². The van der Waals surface area contributed by atoms with Gasteiger partial charge in [0.2, 0.25) is 0 Å². The predicted molar refractivity (Wildman–Crippen MR) is 81.2 cm³/mol. The van der Waals surface area contributed by atoms with Crippen molar-refractivity contribution in [3.8, 4) is 0 Å². The lowest BCUT2D eigenvalue weighted by atomic mass is 9.69. The summed E-state index contributed by atoms with van der Waals surface area (Å²) in [6.07, 6.45) is 4.51. The summed E-state index contributed by atoms with van der Waals surface area (Å²) in [6.45, 7) is 0.763. The third-order valence-corrected chi connectivity index (χ3v) is 4.56. The van der Waals surface area contributed by atoms with Gasteiger partial charge in [-0.25, -0.2) is 0 Å². The molecule has 0 spiro atoms. The zero-order chi connectivity index (χ0) is 14.8. The van der Waals surface area contributed by atoms with Gasteiger partial charge in [0, 0.05) is 11.6 Å². The third-order valence-electron chi connectivity index (χ3n) is 4.21. The van der Waals surface area contributed by atoms with Crippen LogP contribution in [0.4, 0.5) is 0 Å². The molecule has 1 saturated carbocycles. The maximum absolute atomic E-state index is 11.8. The lowest BCUT2D eigenvalue weighted by molar-refractivity contribution is -0.145. The van der Waals surface area contributed by atoms with Crippen LogP contribution in [0.15, 0.2) is 18.2 Å². The monoisotopic (exact) mass is 295 g/mol. The first kappa shape index (κ1) is 15.3. The Hall–Kier alpha value is -1.06. The molecular formula is C16H22ClNO2. The zero-order valence-corrected chi connectivity index (χ0v) is 12.9. The molecule has 0 aliphatic heterocycles. The number of carboxylic acids is 1. The van der Waals surface area contributed by atoms with E-state index in [1.165, 1.54) is 0 Å². The second-order valence-corrected chi connectivity index (χ2v) is 6.40. The highest BCUT2D eigenvalue weighted by molar-refractivity contribution is 6.31. The molecule has 1 fully saturated rings. The molecule has 0 radical (unpaired) electrons. The molecule has 20 heavy (non-hydrogen) atoms. The topological polar surface area (TPSA) is 40.5 Å². The molecule has 4 heteroatoms. The van der Waals surface area contributed by atoms with Crippen molar-refractivity contribution in [2.45, 2.75) is 44.1 Å². The molecule has 0 aromatic heterocycles. The largest absolute Gasteiger partial charge is 0.481 e. The highest BCUT2D eigenvalue weighted by Gasteiger charge is 2.41. The number of halogens is 1. The molecule has 1 aliphatic carbocycles. The number of hydrogen-bond donors (Lipinski definition) is 1. The molecule has 3 nitrogen and oxygen atoms in total. The number of benzene rings is 1. The summed E-state index contributed by atoms with van der Waals surface area (Å²) in [5, 5.41) is 10.4. The van der Waals surface area contributed by atoms with Gasteiger partial charge in [-0.1, -0.05) is 43.0 Å². The minimum Gasteiger partial charge on any atom is -0.481 e. The minimum absolute atomic E-state index is 0.669. The highest BCUT2D eigenvalue weighted by Crippen LogP contribution is 2.41. The van der Waals surface area contributed by atoms with Crippen molar-refractivity contribution < 1.29 is 9.90 Å². The SMILES string of the molecule is CN(C)Cc1ccc(C2(C(=O)O)CCCCC2)cc1Cl. The Morgan fingerprint density at radius 2 is 1.95 bits per heavy atom. The highest BCUT2D eigenvalue weighted by atomic mass is 35.5. The summed E-state index contributed by atoms with van der Waals surface area (Å²) >= 11 is 6.34. The maximum Gasteiger partial charge on any atom is 0.314 e. The van der Waals surface area contributed by atoms with Crippen molar-refractivity contribution in [1.29, 1.82) is 0 Å². The molecule has 0 atom stereocenters. The maximum atomic E-state index is 11.8. The van der Waals surface area contributed by atoms with Crippen LogP contribution < -0.4 is 0 Å². The van der Waals surface area contributed by atoms with Gasteiger partial charge in [-0.05, 0) is 44.1 Å². The first-order chi connectivity index (χ1) is 9.45. The number of hydrogen-bond acceptors (Lipinski definition) is 2. The van der Waals surface area contributed by atoms with Crippen LogP contribution in [-0.4, -0.2) is 30.1 Å². The fourth-order valence-electron chi connectivity index (χ4n) is 3.10. The van der Waals surface area contributed by atoms with E-state index >= 15 is 0 Å². The van der Waals surface area contributed by atoms with Gasteiger partial charge in [-0.2, -0.15) is 0 Å². The second kappa shape index (κ2) is 6.15. The number of carboxylic acid groups (broad SMARTS) is 1. The normalized spacial score (nSPS) is 18.2. The summed E-state index contributed by atoms with van der Waals surface area (Å²) < 4.78 is 0. The van der Waals surface area contributed by atoms with Crippen LogP contribution in [0.1, 0.15) is 43.2 Å². The molecule has 1 aromatic rings. The Balaban J connectivity index is 2.35. The van der Waals surface area contributed by atoms with Crippen molar-refractivity contribution in [1.82, 2.24) is 4.90 Å². The van der Waals surface area contributed by atoms with Crippen molar-refractivity contribution >= 4 is 17.6 Å². The molecule has 1 N–H and O–H groups in total. The molecule has 0 amide bonds. The Morgan fingerprint density at radius 1 is 1.30 bits per heavy atom. The smallest absolute Gasteiger partial charge is 0.314 e. The minimum atomic E-state index is -0.738. The number of rotatable bonds is 4. The average molecular weight is 296 g/mol. The Morgan fingerprint density at radius 3 is 2.45 bits per heavy atom. The Bertz CT molecular complexity index is 493. The number of nitrogens with zero attached hydrogens (tertiary/aromatic N) is 1. The number of carbonyl (C=O) groups is 1. The summed E-state index contributed by atoms with van der Waals surface area (Å²) in [6, 6.07) is 5.78. The van der Waals surface area contributed by atoms with Crippen LogP contribution in [0.2, 0.25) is 5.02 Å². The Kier molecular flexibility index (Phi) is 4.71. The fraction of sp³-hybridized carbons (Fsp3) is 0.562. The molecule has 0 heterocycles. The van der Waals surface area contributed by atoms with Crippen LogP contribution >= 0.6 is 11.6 Å². The quantitative estimate of drug-likeness (QED) is 0.921. The van der Waals surface area contributed by atoms with Crippen molar-refractivity contribution in [3.05, 3.63) is 34.3 Å². The zero-order valence-electron chi connectivity index (χ0n) is 12.2. The summed E-state index contributed by atoms with van der Waals surface area (Å²) in [7, 11) is 3.98. The van der Waals surface area contributed by atoms with Crippen LogP contribution in [0.5, 0.6) is 0 Å². The number of aliphatic carboxylic acids is 1. The van der Waals surface area contributed by atoms with Crippen molar-refractivity contribution in [2.24, 2.45) is 0 Å². The van der Waals surface area contributed by atoms with E-state index in [1.807, 2.05) is 32.3 Å². The molecule has 2 rings (SSSR count). The summed E-state index contributed by atoms with van der Waals surface area (Å²) in [5.41, 5.74) is 1.16. The first-order valence-electron chi connectivity index (χ1n) is 7.13. The summed E-state index contributed by atoms with van der Waals surface area (Å²) in [4.78, 5) is 13.8. The lowest BCUT2D eigenvalue weighted by Gasteiger charge is -2.34. The van der Waals surface area contributed by atoms with Gasteiger partial charge in [0.25, 0.3) is 0 Å². The van der Waals surface area contributed by atoms with E-state index in [0.717, 1.165) is 36.9 Å². The third kappa shape index (κ3) is 2.99. The van der Waals surface area contributed by atoms with Gasteiger partial charge in [-0.15, -0.1) is 0 Å². The molecular weight excluding hydrogens is 274 g/mol. The van der Waals surface area contributed by atoms with Crippen molar-refractivity contribution in [2.75, 3.05) is 14.1 Å². The van der Waals surface area contributed by atoms with Crippen LogP contribution in [0, 0.1) is 0 Å². The van der Waals surface area contributed by atoms with Gasteiger partial charge in [0.15, 0.2) is 0 Å². The van der Waals surface area contributed by atoms with Gasteiger partial charge in [0.1, 0.15) is 0 Å². The van der Waals surface area contributed by atoms with E-state index in [-0.39, 0.29) is 0 Å².